The van der Waals surface area contributed by atoms with Crippen LogP contribution in [0.4, 0.5) is 15.8 Å². The predicted molar refractivity (Wildman–Crippen MR) is 104 cm³/mol. The zero-order chi connectivity index (χ0) is 19.4. The van der Waals surface area contributed by atoms with Crippen molar-refractivity contribution in [2.45, 2.75) is 13.8 Å². The van der Waals surface area contributed by atoms with E-state index in [4.69, 9.17) is 0 Å². The third-order valence-corrected chi connectivity index (χ3v) is 4.66. The number of carbonyl (C=O) groups excluding carboxylic acids is 2. The van der Waals surface area contributed by atoms with E-state index in [1.807, 2.05) is 24.8 Å². The molecule has 5 nitrogen and oxygen atoms in total. The Kier molecular flexibility index (Phi) is 5.74. The van der Waals surface area contributed by atoms with Gasteiger partial charge in [0.25, 0.3) is 5.91 Å². The summed E-state index contributed by atoms with van der Waals surface area (Å²) in [4.78, 5) is 28.4. The summed E-state index contributed by atoms with van der Waals surface area (Å²) in [7, 11) is 0. The summed E-state index contributed by atoms with van der Waals surface area (Å²) in [6, 6.07) is 13.7. The van der Waals surface area contributed by atoms with Gasteiger partial charge in [-0.25, -0.2) is 4.39 Å². The zero-order valence-corrected chi connectivity index (χ0v) is 15.6. The molecule has 27 heavy (non-hydrogen) atoms. The van der Waals surface area contributed by atoms with E-state index in [2.05, 4.69) is 5.32 Å². The molecule has 0 saturated carbocycles. The van der Waals surface area contributed by atoms with Crippen molar-refractivity contribution in [3.63, 3.8) is 0 Å². The van der Waals surface area contributed by atoms with E-state index in [0.717, 1.165) is 0 Å². The fourth-order valence-electron chi connectivity index (χ4n) is 3.06. The van der Waals surface area contributed by atoms with Crippen LogP contribution in [0.1, 0.15) is 24.2 Å². The van der Waals surface area contributed by atoms with E-state index in [9.17, 15) is 14.0 Å². The van der Waals surface area contributed by atoms with Crippen LogP contribution in [0.25, 0.3) is 0 Å². The fraction of sp³-hybridized carbons (Fsp3) is 0.333. The summed E-state index contributed by atoms with van der Waals surface area (Å²) in [6.07, 6.45) is 0. The smallest absolute Gasteiger partial charge is 0.254 e. The lowest BCUT2D eigenvalue weighted by molar-refractivity contribution is -0.118. The molecular weight excluding hydrogens is 345 g/mol. The number of amides is 2. The topological polar surface area (TPSA) is 52.7 Å². The Morgan fingerprint density at radius 1 is 1.00 bits per heavy atom. The van der Waals surface area contributed by atoms with Gasteiger partial charge in [0, 0.05) is 43.3 Å². The standard InChI is InChI=1S/C21H24FN3O2/c1-15(2)20(26)23-17-7-5-6-16(14-17)21(27)25-12-10-24(11-13-25)19-9-4-3-8-18(19)22/h3-9,14-15H,10-13H2,1-2H3,(H,23,26). The number of rotatable bonds is 4. The number of carbonyl (C=O) groups is 2. The second-order valence-corrected chi connectivity index (χ2v) is 6.96. The number of hydrogen-bond acceptors (Lipinski definition) is 3. The molecule has 1 aliphatic heterocycles. The van der Waals surface area contributed by atoms with Crippen LogP contribution < -0.4 is 10.2 Å². The molecule has 1 fully saturated rings. The maximum Gasteiger partial charge on any atom is 0.254 e. The predicted octanol–water partition coefficient (Wildman–Crippen LogP) is 3.38. The van der Waals surface area contributed by atoms with Gasteiger partial charge >= 0.3 is 0 Å². The van der Waals surface area contributed by atoms with Crippen LogP contribution >= 0.6 is 0 Å². The van der Waals surface area contributed by atoms with Crippen LogP contribution in [0, 0.1) is 11.7 Å². The van der Waals surface area contributed by atoms with E-state index in [1.165, 1.54) is 6.07 Å². The normalized spacial score (nSPS) is 14.4. The number of benzene rings is 2. The highest BCUT2D eigenvalue weighted by atomic mass is 19.1. The van der Waals surface area contributed by atoms with Gasteiger partial charge < -0.3 is 15.1 Å². The molecule has 0 unspecified atom stereocenters. The number of anilines is 2. The number of piperazine rings is 1. The van der Waals surface area contributed by atoms with Gasteiger partial charge in [-0.2, -0.15) is 0 Å². The molecule has 142 valence electrons. The Hall–Kier alpha value is -2.89. The minimum Gasteiger partial charge on any atom is -0.366 e. The summed E-state index contributed by atoms with van der Waals surface area (Å²) in [5.74, 6) is -0.538. The second-order valence-electron chi connectivity index (χ2n) is 6.96. The van der Waals surface area contributed by atoms with Crippen LogP contribution in [0.5, 0.6) is 0 Å². The van der Waals surface area contributed by atoms with Crippen molar-refractivity contribution in [3.8, 4) is 0 Å². The van der Waals surface area contributed by atoms with Gasteiger partial charge in [-0.15, -0.1) is 0 Å². The molecule has 0 aliphatic carbocycles. The summed E-state index contributed by atoms with van der Waals surface area (Å²) in [5, 5.41) is 2.81. The van der Waals surface area contributed by atoms with Gasteiger partial charge in [-0.05, 0) is 30.3 Å². The number of hydrogen-bond donors (Lipinski definition) is 1. The Morgan fingerprint density at radius 2 is 1.70 bits per heavy atom. The highest BCUT2D eigenvalue weighted by molar-refractivity contribution is 5.97. The van der Waals surface area contributed by atoms with Crippen molar-refractivity contribution in [2.24, 2.45) is 5.92 Å². The lowest BCUT2D eigenvalue weighted by atomic mass is 10.1. The Morgan fingerprint density at radius 3 is 2.37 bits per heavy atom. The highest BCUT2D eigenvalue weighted by Gasteiger charge is 2.23. The van der Waals surface area contributed by atoms with Crippen LogP contribution in [0.3, 0.4) is 0 Å². The number of halogens is 1. The van der Waals surface area contributed by atoms with Crippen LogP contribution in [0.2, 0.25) is 0 Å². The number of nitrogens with one attached hydrogen (secondary N) is 1. The first-order valence-electron chi connectivity index (χ1n) is 9.15. The second kappa shape index (κ2) is 8.20. The molecule has 2 aromatic carbocycles. The number of para-hydroxylation sites is 1. The highest BCUT2D eigenvalue weighted by Crippen LogP contribution is 2.21. The molecule has 6 heteroatoms. The SMILES string of the molecule is CC(C)C(=O)Nc1cccc(C(=O)N2CCN(c3ccccc3F)CC2)c1. The third kappa shape index (κ3) is 4.45. The molecule has 1 aliphatic rings. The van der Waals surface area contributed by atoms with Crippen LogP contribution in [-0.2, 0) is 4.79 Å². The quantitative estimate of drug-likeness (QED) is 0.899. The molecule has 0 atom stereocenters. The van der Waals surface area contributed by atoms with Gasteiger partial charge in [-0.3, -0.25) is 9.59 Å². The molecule has 0 aromatic heterocycles. The van der Waals surface area contributed by atoms with E-state index in [1.54, 1.807) is 41.3 Å². The molecule has 1 heterocycles. The van der Waals surface area contributed by atoms with Crippen molar-refractivity contribution in [2.75, 3.05) is 36.4 Å². The average molecular weight is 369 g/mol. The molecule has 0 bridgehead atoms. The fourth-order valence-corrected chi connectivity index (χ4v) is 3.06. The lowest BCUT2D eigenvalue weighted by Crippen LogP contribution is -2.49. The van der Waals surface area contributed by atoms with Crippen molar-refractivity contribution < 1.29 is 14.0 Å². The molecule has 2 amide bonds. The van der Waals surface area contributed by atoms with Crippen molar-refractivity contribution in [3.05, 3.63) is 59.9 Å². The molecule has 0 spiro atoms. The summed E-state index contributed by atoms with van der Waals surface area (Å²) < 4.78 is 13.9. The summed E-state index contributed by atoms with van der Waals surface area (Å²) in [6.45, 7) is 5.84. The first-order chi connectivity index (χ1) is 13.0. The maximum absolute atomic E-state index is 13.9. The molecule has 0 radical (unpaired) electrons. The largest absolute Gasteiger partial charge is 0.366 e. The van der Waals surface area contributed by atoms with E-state index in [-0.39, 0.29) is 23.5 Å². The van der Waals surface area contributed by atoms with Gasteiger partial charge in [0.05, 0.1) is 5.69 Å². The monoisotopic (exact) mass is 369 g/mol. The van der Waals surface area contributed by atoms with Gasteiger partial charge in [0.15, 0.2) is 0 Å². The van der Waals surface area contributed by atoms with Crippen molar-refractivity contribution in [1.82, 2.24) is 4.90 Å². The van der Waals surface area contributed by atoms with E-state index >= 15 is 0 Å². The zero-order valence-electron chi connectivity index (χ0n) is 15.6. The summed E-state index contributed by atoms with van der Waals surface area (Å²) >= 11 is 0. The van der Waals surface area contributed by atoms with Crippen molar-refractivity contribution in [1.29, 1.82) is 0 Å². The number of nitrogens with zero attached hydrogens (tertiary/aromatic N) is 2. The first-order valence-corrected chi connectivity index (χ1v) is 9.15. The molecular formula is C21H24FN3O2. The average Bonchev–Trinajstić information content (AvgIpc) is 2.68. The minimum atomic E-state index is -0.245. The Labute approximate surface area is 158 Å². The molecule has 2 aromatic rings. The summed E-state index contributed by atoms with van der Waals surface area (Å²) in [5.41, 5.74) is 1.73. The molecule has 1 saturated heterocycles. The van der Waals surface area contributed by atoms with Gasteiger partial charge in [0.1, 0.15) is 5.82 Å². The Bertz CT molecular complexity index is 830. The van der Waals surface area contributed by atoms with E-state index < -0.39 is 0 Å². The third-order valence-electron chi connectivity index (χ3n) is 4.66. The molecule has 3 rings (SSSR count). The Balaban J connectivity index is 1.64. The maximum atomic E-state index is 13.9. The van der Waals surface area contributed by atoms with Crippen molar-refractivity contribution >= 4 is 23.2 Å². The van der Waals surface area contributed by atoms with E-state index in [0.29, 0.717) is 43.1 Å². The van der Waals surface area contributed by atoms with Crippen LogP contribution in [-0.4, -0.2) is 42.9 Å². The van der Waals surface area contributed by atoms with Crippen LogP contribution in [0.15, 0.2) is 48.5 Å². The minimum absolute atomic E-state index is 0.0798. The molecule has 1 N–H and O–H groups in total. The van der Waals surface area contributed by atoms with Gasteiger partial charge in [0.2, 0.25) is 5.91 Å². The van der Waals surface area contributed by atoms with Gasteiger partial charge in [-0.1, -0.05) is 32.0 Å². The lowest BCUT2D eigenvalue weighted by Gasteiger charge is -2.36. The first kappa shape index (κ1) is 18.9.